The summed E-state index contributed by atoms with van der Waals surface area (Å²) in [6, 6.07) is 10.7. The molecule has 2 aromatic carbocycles. The van der Waals surface area contributed by atoms with Crippen molar-refractivity contribution in [3.8, 4) is 11.5 Å². The summed E-state index contributed by atoms with van der Waals surface area (Å²) in [4.78, 5) is 26.4. The number of carbonyl (C=O) groups excluding carboxylic acids is 2. The minimum Gasteiger partial charge on any atom is -0.497 e. The molecule has 31 heavy (non-hydrogen) atoms. The van der Waals surface area contributed by atoms with Crippen molar-refractivity contribution in [2.45, 2.75) is 11.4 Å². The summed E-state index contributed by atoms with van der Waals surface area (Å²) in [6.07, 6.45) is 0. The van der Waals surface area contributed by atoms with Crippen molar-refractivity contribution in [3.63, 3.8) is 0 Å². The largest absolute Gasteiger partial charge is 0.497 e. The third-order valence-electron chi connectivity index (χ3n) is 4.50. The fourth-order valence-electron chi connectivity index (χ4n) is 2.76. The van der Waals surface area contributed by atoms with Crippen LogP contribution in [-0.4, -0.2) is 71.5 Å². The van der Waals surface area contributed by atoms with Crippen LogP contribution >= 0.6 is 0 Å². The highest BCUT2D eigenvalue weighted by Gasteiger charge is 2.22. The Morgan fingerprint density at radius 3 is 1.90 bits per heavy atom. The highest BCUT2D eigenvalue weighted by molar-refractivity contribution is 7.89. The van der Waals surface area contributed by atoms with Gasteiger partial charge in [-0.05, 0) is 42.0 Å². The van der Waals surface area contributed by atoms with Crippen molar-refractivity contribution in [2.75, 3.05) is 42.0 Å². The third-order valence-corrected chi connectivity index (χ3v) is 6.33. The zero-order valence-electron chi connectivity index (χ0n) is 18.1. The van der Waals surface area contributed by atoms with Gasteiger partial charge >= 0.3 is 5.97 Å². The summed E-state index contributed by atoms with van der Waals surface area (Å²) in [6.45, 7) is -0.203. The summed E-state index contributed by atoms with van der Waals surface area (Å²) in [7, 11) is 3.49. The van der Waals surface area contributed by atoms with E-state index in [1.807, 2.05) is 0 Å². The van der Waals surface area contributed by atoms with Crippen LogP contribution in [0.3, 0.4) is 0 Å². The van der Waals surface area contributed by atoms with Gasteiger partial charge in [0.05, 0.1) is 26.2 Å². The highest BCUT2D eigenvalue weighted by atomic mass is 32.2. The molecule has 0 radical (unpaired) electrons. The van der Waals surface area contributed by atoms with Crippen molar-refractivity contribution < 1.29 is 32.2 Å². The molecule has 10 heteroatoms. The van der Waals surface area contributed by atoms with Crippen molar-refractivity contribution in [1.29, 1.82) is 0 Å². The summed E-state index contributed by atoms with van der Waals surface area (Å²) in [5.74, 6) is 0.0344. The van der Waals surface area contributed by atoms with Gasteiger partial charge in [-0.1, -0.05) is 0 Å². The number of ether oxygens (including phenoxy) is 3. The number of hydrogen-bond acceptors (Lipinski definition) is 7. The van der Waals surface area contributed by atoms with Gasteiger partial charge in [0.25, 0.3) is 5.91 Å². The van der Waals surface area contributed by atoms with E-state index in [-0.39, 0.29) is 23.5 Å². The number of nitrogens with zero attached hydrogens (tertiary/aromatic N) is 2. The minimum atomic E-state index is -3.62. The van der Waals surface area contributed by atoms with Crippen molar-refractivity contribution in [2.24, 2.45) is 0 Å². The first kappa shape index (κ1) is 24.2. The average Bonchev–Trinajstić information content (AvgIpc) is 2.77. The van der Waals surface area contributed by atoms with E-state index in [1.165, 1.54) is 64.6 Å². The van der Waals surface area contributed by atoms with E-state index in [2.05, 4.69) is 0 Å². The first-order chi connectivity index (χ1) is 14.6. The number of amides is 1. The summed E-state index contributed by atoms with van der Waals surface area (Å²) in [5.41, 5.74) is 0.914. The molecule has 0 atom stereocenters. The number of methoxy groups -OCH3 is 3. The molecule has 0 saturated carbocycles. The topological polar surface area (TPSA) is 102 Å². The number of esters is 1. The van der Waals surface area contributed by atoms with Gasteiger partial charge in [-0.3, -0.25) is 9.59 Å². The van der Waals surface area contributed by atoms with E-state index in [1.54, 1.807) is 18.2 Å². The van der Waals surface area contributed by atoms with Crippen LogP contribution in [0, 0.1) is 0 Å². The minimum absolute atomic E-state index is 0.0612. The van der Waals surface area contributed by atoms with E-state index in [0.29, 0.717) is 17.1 Å². The normalized spacial score (nSPS) is 11.2. The molecule has 0 spiro atoms. The Balaban J connectivity index is 2.35. The van der Waals surface area contributed by atoms with Gasteiger partial charge in [-0.15, -0.1) is 0 Å². The maximum absolute atomic E-state index is 13.1. The van der Waals surface area contributed by atoms with Gasteiger partial charge < -0.3 is 19.1 Å². The zero-order chi connectivity index (χ0) is 23.2. The van der Waals surface area contributed by atoms with E-state index >= 15 is 0 Å². The number of hydrogen-bond donors (Lipinski definition) is 0. The van der Waals surface area contributed by atoms with Gasteiger partial charge in [0, 0.05) is 32.3 Å². The van der Waals surface area contributed by atoms with E-state index in [0.717, 1.165) is 4.31 Å². The maximum Gasteiger partial charge on any atom is 0.325 e. The lowest BCUT2D eigenvalue weighted by molar-refractivity contribution is -0.141. The molecule has 0 bridgehead atoms. The Morgan fingerprint density at radius 2 is 1.45 bits per heavy atom. The monoisotopic (exact) mass is 450 g/mol. The predicted molar refractivity (Wildman–Crippen MR) is 114 cm³/mol. The van der Waals surface area contributed by atoms with Crippen molar-refractivity contribution in [1.82, 2.24) is 9.21 Å². The smallest absolute Gasteiger partial charge is 0.325 e. The molecule has 168 valence electrons. The Bertz CT molecular complexity index is 1010. The molecule has 0 fully saturated rings. The Hall–Kier alpha value is -3.11. The van der Waals surface area contributed by atoms with E-state index in [9.17, 15) is 18.0 Å². The fourth-order valence-corrected chi connectivity index (χ4v) is 3.66. The summed E-state index contributed by atoms with van der Waals surface area (Å²) < 4.78 is 40.8. The number of benzene rings is 2. The van der Waals surface area contributed by atoms with Crippen LogP contribution in [0.5, 0.6) is 11.5 Å². The average molecular weight is 451 g/mol. The van der Waals surface area contributed by atoms with Crippen molar-refractivity contribution >= 4 is 21.9 Å². The lowest BCUT2D eigenvalue weighted by Crippen LogP contribution is -2.35. The van der Waals surface area contributed by atoms with Gasteiger partial charge in [-0.25, -0.2) is 12.7 Å². The van der Waals surface area contributed by atoms with Gasteiger partial charge in [0.2, 0.25) is 10.0 Å². The zero-order valence-corrected chi connectivity index (χ0v) is 18.9. The SMILES string of the molecule is COC(=O)CN(Cc1cc(OC)cc(OC)c1)C(=O)c1ccc(S(=O)(=O)N(C)C)cc1. The maximum atomic E-state index is 13.1. The highest BCUT2D eigenvalue weighted by Crippen LogP contribution is 2.24. The van der Waals surface area contributed by atoms with Crippen molar-refractivity contribution in [3.05, 3.63) is 53.6 Å². The van der Waals surface area contributed by atoms with Crippen LogP contribution in [0.4, 0.5) is 0 Å². The number of rotatable bonds is 9. The molecule has 0 aliphatic carbocycles. The molecular weight excluding hydrogens is 424 g/mol. The van der Waals surface area contributed by atoms with E-state index in [4.69, 9.17) is 14.2 Å². The summed E-state index contributed by atoms with van der Waals surface area (Å²) >= 11 is 0. The van der Waals surface area contributed by atoms with Crippen LogP contribution in [0.15, 0.2) is 47.4 Å². The summed E-state index contributed by atoms with van der Waals surface area (Å²) in [5, 5.41) is 0. The first-order valence-electron chi connectivity index (χ1n) is 9.23. The Morgan fingerprint density at radius 1 is 0.903 bits per heavy atom. The molecule has 0 unspecified atom stereocenters. The first-order valence-corrected chi connectivity index (χ1v) is 10.7. The molecular formula is C21H26N2O7S. The van der Waals surface area contributed by atoms with Crippen LogP contribution < -0.4 is 9.47 Å². The number of carbonyl (C=O) groups is 2. The van der Waals surface area contributed by atoms with Gasteiger partial charge in [0.1, 0.15) is 18.0 Å². The molecule has 2 rings (SSSR count). The molecule has 0 aliphatic rings. The predicted octanol–water partition coefficient (Wildman–Crippen LogP) is 1.77. The van der Waals surface area contributed by atoms with Crippen LogP contribution in [0.25, 0.3) is 0 Å². The van der Waals surface area contributed by atoms with E-state index < -0.39 is 21.9 Å². The number of sulfonamides is 1. The second-order valence-corrected chi connectivity index (χ2v) is 8.92. The lowest BCUT2D eigenvalue weighted by Gasteiger charge is -2.22. The van der Waals surface area contributed by atoms with Gasteiger partial charge in [-0.2, -0.15) is 0 Å². The molecule has 0 saturated heterocycles. The third kappa shape index (κ3) is 5.96. The Kier molecular flexibility index (Phi) is 8.01. The second kappa shape index (κ2) is 10.3. The molecule has 1 amide bonds. The molecule has 2 aromatic rings. The van der Waals surface area contributed by atoms with Crippen LogP contribution in [0.1, 0.15) is 15.9 Å². The van der Waals surface area contributed by atoms with Crippen LogP contribution in [-0.2, 0) is 26.1 Å². The fraction of sp³-hybridized carbons (Fsp3) is 0.333. The lowest BCUT2D eigenvalue weighted by atomic mass is 10.1. The molecule has 0 heterocycles. The van der Waals surface area contributed by atoms with Gasteiger partial charge in [0.15, 0.2) is 0 Å². The molecule has 0 N–H and O–H groups in total. The molecule has 9 nitrogen and oxygen atoms in total. The van der Waals surface area contributed by atoms with Crippen LogP contribution in [0.2, 0.25) is 0 Å². The second-order valence-electron chi connectivity index (χ2n) is 6.77. The Labute approximate surface area is 182 Å². The molecule has 0 aliphatic heterocycles. The standard InChI is InChI=1S/C21H26N2O7S/c1-22(2)31(26,27)19-8-6-16(7-9-19)21(25)23(14-20(24)30-5)13-15-10-17(28-3)12-18(11-15)29-4/h6-12H,13-14H2,1-5H3. The molecule has 0 aromatic heterocycles. The quantitative estimate of drug-likeness (QED) is 0.537.